The zero-order valence-corrected chi connectivity index (χ0v) is 16.8. The normalized spacial score (nSPS) is 16.3. The minimum atomic E-state index is -0.871. The second-order valence-corrected chi connectivity index (χ2v) is 8.38. The lowest BCUT2D eigenvalue weighted by atomic mass is 9.90. The Morgan fingerprint density at radius 2 is 1.79 bits per heavy atom. The SMILES string of the molecule is O=C(C[C@H](CCCc1ccccc1)C(=O)O)c1ccc2c(c1)CC1=C2CCCC1. The van der Waals surface area contributed by atoms with Crippen LogP contribution in [0.4, 0.5) is 0 Å². The van der Waals surface area contributed by atoms with Gasteiger partial charge in [0.1, 0.15) is 0 Å². The fourth-order valence-corrected chi connectivity index (χ4v) is 4.78. The van der Waals surface area contributed by atoms with Crippen molar-refractivity contribution < 1.29 is 14.7 Å². The van der Waals surface area contributed by atoms with Crippen molar-refractivity contribution in [2.45, 2.75) is 57.8 Å². The zero-order chi connectivity index (χ0) is 20.2. The third kappa shape index (κ3) is 4.50. The molecule has 0 saturated heterocycles. The molecule has 0 aliphatic heterocycles. The summed E-state index contributed by atoms with van der Waals surface area (Å²) in [6.45, 7) is 0. The van der Waals surface area contributed by atoms with E-state index in [1.54, 1.807) is 5.57 Å². The molecule has 1 atom stereocenters. The maximum absolute atomic E-state index is 12.8. The number of carbonyl (C=O) groups is 2. The Kier molecular flexibility index (Phi) is 5.94. The average molecular weight is 389 g/mol. The Bertz CT molecular complexity index is 940. The van der Waals surface area contributed by atoms with E-state index in [9.17, 15) is 14.7 Å². The van der Waals surface area contributed by atoms with Crippen LogP contribution in [0.1, 0.15) is 72.0 Å². The summed E-state index contributed by atoms with van der Waals surface area (Å²) in [5.41, 5.74) is 7.47. The number of carbonyl (C=O) groups excluding carboxylic acids is 1. The molecule has 29 heavy (non-hydrogen) atoms. The lowest BCUT2D eigenvalue weighted by Gasteiger charge is -2.14. The number of carboxylic acid groups (broad SMARTS) is 1. The van der Waals surface area contributed by atoms with Crippen molar-refractivity contribution in [3.63, 3.8) is 0 Å². The number of fused-ring (bicyclic) bond motifs is 2. The van der Waals surface area contributed by atoms with Gasteiger partial charge in [-0.2, -0.15) is 0 Å². The van der Waals surface area contributed by atoms with Crippen LogP contribution in [-0.2, 0) is 17.6 Å². The predicted molar refractivity (Wildman–Crippen MR) is 115 cm³/mol. The smallest absolute Gasteiger partial charge is 0.306 e. The zero-order valence-electron chi connectivity index (χ0n) is 16.8. The summed E-state index contributed by atoms with van der Waals surface area (Å²) in [7, 11) is 0. The number of aryl methyl sites for hydroxylation is 1. The molecule has 4 rings (SSSR count). The molecular formula is C26H28O3. The highest BCUT2D eigenvalue weighted by atomic mass is 16.4. The lowest BCUT2D eigenvalue weighted by Crippen LogP contribution is -2.18. The second-order valence-electron chi connectivity index (χ2n) is 8.38. The quantitative estimate of drug-likeness (QED) is 0.576. The maximum atomic E-state index is 12.8. The summed E-state index contributed by atoms with van der Waals surface area (Å²) >= 11 is 0. The number of hydrogen-bond donors (Lipinski definition) is 1. The highest BCUT2D eigenvalue weighted by Crippen LogP contribution is 2.41. The molecule has 0 unspecified atom stereocenters. The molecule has 0 saturated carbocycles. The first kappa shape index (κ1) is 19.6. The van der Waals surface area contributed by atoms with Gasteiger partial charge in [-0.15, -0.1) is 0 Å². The molecule has 3 nitrogen and oxygen atoms in total. The van der Waals surface area contributed by atoms with Crippen LogP contribution in [0.15, 0.2) is 54.1 Å². The molecular weight excluding hydrogens is 360 g/mol. The number of allylic oxidation sites excluding steroid dienone is 2. The summed E-state index contributed by atoms with van der Waals surface area (Å²) in [5, 5.41) is 9.60. The Hall–Kier alpha value is -2.68. The Labute approximate surface area is 172 Å². The van der Waals surface area contributed by atoms with Crippen molar-refractivity contribution in [1.29, 1.82) is 0 Å². The van der Waals surface area contributed by atoms with Crippen molar-refractivity contribution >= 4 is 17.3 Å². The number of rotatable bonds is 8. The van der Waals surface area contributed by atoms with Crippen LogP contribution in [0, 0.1) is 5.92 Å². The van der Waals surface area contributed by atoms with Gasteiger partial charge < -0.3 is 5.11 Å². The van der Waals surface area contributed by atoms with Crippen LogP contribution >= 0.6 is 0 Å². The van der Waals surface area contributed by atoms with Crippen LogP contribution in [0.5, 0.6) is 0 Å². The summed E-state index contributed by atoms with van der Waals surface area (Å²) in [4.78, 5) is 24.5. The van der Waals surface area contributed by atoms with E-state index < -0.39 is 11.9 Å². The van der Waals surface area contributed by atoms with E-state index in [2.05, 4.69) is 18.2 Å². The standard InChI is InChI=1S/C26H28O3/c27-25(17-21(26(28)29)11-6-9-18-7-2-1-3-8-18)20-13-14-24-22(16-20)15-19-10-4-5-12-23(19)24/h1-3,7-8,13-14,16,21H,4-6,9-12,15,17H2,(H,28,29)/t21-/m0/s1. The number of hydrogen-bond acceptors (Lipinski definition) is 2. The molecule has 2 aliphatic carbocycles. The molecule has 150 valence electrons. The van der Waals surface area contributed by atoms with Gasteiger partial charge in [-0.3, -0.25) is 9.59 Å². The van der Waals surface area contributed by atoms with Crippen LogP contribution in [0.2, 0.25) is 0 Å². The Morgan fingerprint density at radius 1 is 1.00 bits per heavy atom. The van der Waals surface area contributed by atoms with E-state index in [0.717, 1.165) is 25.7 Å². The van der Waals surface area contributed by atoms with Gasteiger partial charge in [0.05, 0.1) is 5.92 Å². The molecule has 0 fully saturated rings. The van der Waals surface area contributed by atoms with Crippen LogP contribution < -0.4 is 0 Å². The van der Waals surface area contributed by atoms with Gasteiger partial charge in [-0.25, -0.2) is 0 Å². The van der Waals surface area contributed by atoms with Gasteiger partial charge in [0, 0.05) is 12.0 Å². The highest BCUT2D eigenvalue weighted by Gasteiger charge is 2.26. The van der Waals surface area contributed by atoms with Crippen LogP contribution in [-0.4, -0.2) is 16.9 Å². The van der Waals surface area contributed by atoms with Gasteiger partial charge >= 0.3 is 5.97 Å². The third-order valence-corrected chi connectivity index (χ3v) is 6.38. The molecule has 0 aromatic heterocycles. The third-order valence-electron chi connectivity index (χ3n) is 6.38. The second kappa shape index (κ2) is 8.77. The van der Waals surface area contributed by atoms with Crippen molar-refractivity contribution in [3.8, 4) is 0 Å². The minimum Gasteiger partial charge on any atom is -0.481 e. The molecule has 0 heterocycles. The Balaban J connectivity index is 1.38. The minimum absolute atomic E-state index is 0.0511. The summed E-state index contributed by atoms with van der Waals surface area (Å²) in [6, 6.07) is 16.1. The Morgan fingerprint density at radius 3 is 2.59 bits per heavy atom. The summed E-state index contributed by atoms with van der Waals surface area (Å²) in [5.74, 6) is -1.54. The average Bonchev–Trinajstić information content (AvgIpc) is 3.11. The van der Waals surface area contributed by atoms with Gasteiger partial charge in [0.25, 0.3) is 0 Å². The largest absolute Gasteiger partial charge is 0.481 e. The monoisotopic (exact) mass is 388 g/mol. The van der Waals surface area contributed by atoms with E-state index in [0.29, 0.717) is 12.0 Å². The molecule has 2 aliphatic rings. The number of carboxylic acids is 1. The molecule has 2 aromatic carbocycles. The first-order valence-electron chi connectivity index (χ1n) is 10.8. The molecule has 0 amide bonds. The van der Waals surface area contributed by atoms with Crippen molar-refractivity contribution in [2.24, 2.45) is 5.92 Å². The van der Waals surface area contributed by atoms with Crippen molar-refractivity contribution in [3.05, 3.63) is 76.4 Å². The maximum Gasteiger partial charge on any atom is 0.306 e. The summed E-state index contributed by atoms with van der Waals surface area (Å²) < 4.78 is 0. The lowest BCUT2D eigenvalue weighted by molar-refractivity contribution is -0.141. The number of aliphatic carboxylic acids is 1. The van der Waals surface area contributed by atoms with Crippen LogP contribution in [0.25, 0.3) is 5.57 Å². The molecule has 0 spiro atoms. The molecule has 0 bridgehead atoms. The van der Waals surface area contributed by atoms with Crippen LogP contribution in [0.3, 0.4) is 0 Å². The summed E-state index contributed by atoms with van der Waals surface area (Å²) in [6.07, 6.45) is 8.03. The first-order chi connectivity index (χ1) is 14.1. The first-order valence-corrected chi connectivity index (χ1v) is 10.8. The molecule has 0 radical (unpaired) electrons. The number of benzene rings is 2. The van der Waals surface area contributed by atoms with E-state index in [1.807, 2.05) is 30.3 Å². The van der Waals surface area contributed by atoms with E-state index in [1.165, 1.54) is 41.5 Å². The van der Waals surface area contributed by atoms with Gasteiger partial charge in [0.2, 0.25) is 0 Å². The molecule has 2 aromatic rings. The van der Waals surface area contributed by atoms with Gasteiger partial charge in [-0.05, 0) is 79.7 Å². The number of ketones is 1. The topological polar surface area (TPSA) is 54.4 Å². The van der Waals surface area contributed by atoms with Gasteiger partial charge in [0.15, 0.2) is 5.78 Å². The molecule has 1 N–H and O–H groups in total. The van der Waals surface area contributed by atoms with E-state index in [-0.39, 0.29) is 12.2 Å². The van der Waals surface area contributed by atoms with E-state index >= 15 is 0 Å². The molecule has 3 heteroatoms. The van der Waals surface area contributed by atoms with E-state index in [4.69, 9.17) is 0 Å². The fraction of sp³-hybridized carbons (Fsp3) is 0.385. The predicted octanol–water partition coefficient (Wildman–Crippen LogP) is 5.87. The fourth-order valence-electron chi connectivity index (χ4n) is 4.78. The number of Topliss-reactive ketones (excluding diaryl/α,β-unsaturated/α-hetero) is 1. The van der Waals surface area contributed by atoms with Crippen molar-refractivity contribution in [1.82, 2.24) is 0 Å². The van der Waals surface area contributed by atoms with Gasteiger partial charge in [-0.1, -0.05) is 48.0 Å². The highest BCUT2D eigenvalue weighted by molar-refractivity contribution is 5.98. The van der Waals surface area contributed by atoms with Crippen molar-refractivity contribution in [2.75, 3.05) is 0 Å².